The molecule has 2 N–H and O–H groups in total. The van der Waals surface area contributed by atoms with E-state index in [1.54, 1.807) is 12.1 Å². The van der Waals surface area contributed by atoms with Gasteiger partial charge in [0.15, 0.2) is 11.6 Å². The average molecular weight is 518 g/mol. The third-order valence-electron chi connectivity index (χ3n) is 6.30. The zero-order valence-electron chi connectivity index (χ0n) is 20.2. The van der Waals surface area contributed by atoms with E-state index >= 15 is 0 Å². The molecule has 0 spiro atoms. The number of carbonyl (C=O) groups excluding carboxylic acids is 2. The lowest BCUT2D eigenvalue weighted by Crippen LogP contribution is -2.52. The molecule has 0 saturated heterocycles. The summed E-state index contributed by atoms with van der Waals surface area (Å²) in [6.45, 7) is 5.87. The maximum atomic E-state index is 13.9. The van der Waals surface area contributed by atoms with Crippen molar-refractivity contribution in [2.24, 2.45) is 16.6 Å². The molecule has 1 heterocycles. The number of amidine groups is 1. The highest BCUT2D eigenvalue weighted by Crippen LogP contribution is 2.52. The summed E-state index contributed by atoms with van der Waals surface area (Å²) in [6.07, 6.45) is 1.53. The maximum Gasteiger partial charge on any atom is 0.348 e. The summed E-state index contributed by atoms with van der Waals surface area (Å²) in [5.74, 6) is -1.87. The second-order valence-electron chi connectivity index (χ2n) is 9.56. The van der Waals surface area contributed by atoms with E-state index in [0.717, 1.165) is 6.26 Å². The zero-order chi connectivity index (χ0) is 25.8. The predicted octanol–water partition coefficient (Wildman–Crippen LogP) is 3.73. The van der Waals surface area contributed by atoms with Crippen LogP contribution in [0, 0.1) is 11.8 Å². The van der Waals surface area contributed by atoms with Gasteiger partial charge in [-0.25, -0.2) is 8.42 Å². The summed E-state index contributed by atoms with van der Waals surface area (Å²) in [6, 6.07) is 11.4. The number of anilines is 2. The van der Waals surface area contributed by atoms with E-state index in [4.69, 9.17) is 4.52 Å². The summed E-state index contributed by atoms with van der Waals surface area (Å²) < 4.78 is 48.9. The molecule has 35 heavy (non-hydrogen) atoms. The number of hydrogen-bond donors (Lipinski definition) is 2. The van der Waals surface area contributed by atoms with Crippen LogP contribution in [0.15, 0.2) is 47.2 Å². The monoisotopic (exact) mass is 517 g/mol. The molecule has 3 atom stereocenters. The predicted molar refractivity (Wildman–Crippen MR) is 136 cm³/mol. The number of rotatable bonds is 6. The molecule has 9 nitrogen and oxygen atoms in total. The van der Waals surface area contributed by atoms with Crippen molar-refractivity contribution in [3.63, 3.8) is 0 Å². The van der Waals surface area contributed by atoms with Crippen molar-refractivity contribution in [3.8, 4) is 0 Å². The van der Waals surface area contributed by atoms with Crippen LogP contribution in [0.1, 0.15) is 43.1 Å². The van der Waals surface area contributed by atoms with Gasteiger partial charge in [-0.05, 0) is 43.0 Å². The minimum atomic E-state index is -3.92. The molecule has 3 unspecified atom stereocenters. The minimum absolute atomic E-state index is 0.0361. The SMILES string of the molecule is COP1(=O)N=C(C2C(=O)c3ccccc3C(C)(CC(C)C)C2=O)Nc2ccc(NS(C)(=O)=O)cc21. The quantitative estimate of drug-likeness (QED) is 0.441. The first-order valence-electron chi connectivity index (χ1n) is 11.1. The Balaban J connectivity index is 1.84. The van der Waals surface area contributed by atoms with Crippen LogP contribution in [0.4, 0.5) is 11.4 Å². The Labute approximate surface area is 204 Å². The molecule has 0 fully saturated rings. The highest BCUT2D eigenvalue weighted by atomic mass is 32.2. The molecule has 0 saturated carbocycles. The number of fused-ring (bicyclic) bond motifs is 2. The van der Waals surface area contributed by atoms with Gasteiger partial charge in [-0.15, -0.1) is 0 Å². The first-order valence-corrected chi connectivity index (χ1v) is 14.6. The lowest BCUT2D eigenvalue weighted by molar-refractivity contribution is -0.126. The molecule has 0 aromatic heterocycles. The molecule has 4 rings (SSSR count). The summed E-state index contributed by atoms with van der Waals surface area (Å²) in [7, 11) is -6.27. The molecule has 1 aliphatic carbocycles. The Morgan fingerprint density at radius 2 is 1.89 bits per heavy atom. The number of nitrogens with one attached hydrogen (secondary N) is 2. The third kappa shape index (κ3) is 4.46. The molecular weight excluding hydrogens is 489 g/mol. The largest absolute Gasteiger partial charge is 0.348 e. The van der Waals surface area contributed by atoms with Crippen molar-refractivity contribution in [1.82, 2.24) is 0 Å². The fraction of sp³-hybridized carbons (Fsp3) is 0.375. The van der Waals surface area contributed by atoms with Crippen LogP contribution in [0.25, 0.3) is 0 Å². The van der Waals surface area contributed by atoms with Gasteiger partial charge in [-0.3, -0.25) is 18.9 Å². The van der Waals surface area contributed by atoms with E-state index in [-0.39, 0.29) is 28.5 Å². The van der Waals surface area contributed by atoms with Crippen LogP contribution in [0.5, 0.6) is 0 Å². The molecular formula is C24H28N3O6PS. The van der Waals surface area contributed by atoms with Gasteiger partial charge in [0.05, 0.1) is 22.7 Å². The van der Waals surface area contributed by atoms with Crippen LogP contribution in [0.2, 0.25) is 0 Å². The van der Waals surface area contributed by atoms with Crippen molar-refractivity contribution in [1.29, 1.82) is 0 Å². The Morgan fingerprint density at radius 1 is 1.20 bits per heavy atom. The summed E-state index contributed by atoms with van der Waals surface area (Å²) in [5, 5.41) is 3.15. The maximum absolute atomic E-state index is 13.9. The molecule has 11 heteroatoms. The summed E-state index contributed by atoms with van der Waals surface area (Å²) in [4.78, 5) is 27.5. The van der Waals surface area contributed by atoms with E-state index in [1.807, 2.05) is 32.9 Å². The van der Waals surface area contributed by atoms with Crippen molar-refractivity contribution < 1.29 is 27.1 Å². The minimum Gasteiger partial charge on any atom is -0.342 e. The number of hydrogen-bond acceptors (Lipinski definition) is 7. The number of carbonyl (C=O) groups is 2. The van der Waals surface area contributed by atoms with Gasteiger partial charge in [0, 0.05) is 18.4 Å². The van der Waals surface area contributed by atoms with Crippen molar-refractivity contribution in [2.75, 3.05) is 23.4 Å². The van der Waals surface area contributed by atoms with Crippen molar-refractivity contribution in [3.05, 3.63) is 53.6 Å². The standard InChI is InChI=1S/C24H28N3O6PS/c1-14(2)13-24(3)17-9-7-6-8-16(17)21(28)20(22(24)29)23-25-18-11-10-15(27-35(5,31)32)12-19(18)34(30,26-23)33-4/h6-12,14,20,27H,13H2,1-5H3,(H,25,26,30). The van der Waals surface area contributed by atoms with Gasteiger partial charge in [-0.2, -0.15) is 4.76 Å². The molecule has 1 aliphatic heterocycles. The molecule has 2 aliphatic rings. The third-order valence-corrected chi connectivity index (χ3v) is 8.86. The second-order valence-corrected chi connectivity index (χ2v) is 13.4. The van der Waals surface area contributed by atoms with E-state index in [2.05, 4.69) is 14.8 Å². The Kier molecular flexibility index (Phi) is 6.28. The first kappa shape index (κ1) is 25.3. The lowest BCUT2D eigenvalue weighted by Gasteiger charge is -2.40. The van der Waals surface area contributed by atoms with Crippen LogP contribution < -0.4 is 15.3 Å². The van der Waals surface area contributed by atoms with Gasteiger partial charge in [0.1, 0.15) is 11.8 Å². The number of sulfonamides is 1. The molecule has 0 amide bonds. The fourth-order valence-corrected chi connectivity index (χ4v) is 7.08. The molecule has 2 aromatic carbocycles. The van der Waals surface area contributed by atoms with E-state index in [9.17, 15) is 22.6 Å². The molecule has 0 radical (unpaired) electrons. The molecule has 2 aromatic rings. The van der Waals surface area contributed by atoms with Crippen LogP contribution in [-0.4, -0.2) is 39.2 Å². The molecule has 0 bridgehead atoms. The molecule has 186 valence electrons. The number of nitrogens with zero attached hydrogens (tertiary/aromatic N) is 1. The first-order chi connectivity index (χ1) is 16.3. The lowest BCUT2D eigenvalue weighted by atomic mass is 9.62. The normalized spacial score (nSPS) is 26.0. The number of Topliss-reactive ketones (excluding diaryl/α,β-unsaturated/α-hetero) is 2. The van der Waals surface area contributed by atoms with Gasteiger partial charge in [-0.1, -0.05) is 38.1 Å². The van der Waals surface area contributed by atoms with Gasteiger partial charge < -0.3 is 9.84 Å². The van der Waals surface area contributed by atoms with Gasteiger partial charge in [0.2, 0.25) is 10.0 Å². The summed E-state index contributed by atoms with van der Waals surface area (Å²) >= 11 is 0. The highest BCUT2D eigenvalue weighted by Gasteiger charge is 2.52. The average Bonchev–Trinajstić information content (AvgIpc) is 2.77. The Morgan fingerprint density at radius 3 is 2.51 bits per heavy atom. The van der Waals surface area contributed by atoms with E-state index in [1.165, 1.54) is 25.3 Å². The smallest absolute Gasteiger partial charge is 0.342 e. The number of benzene rings is 2. The van der Waals surface area contributed by atoms with Crippen LogP contribution in [-0.2, 0) is 29.3 Å². The Bertz CT molecular complexity index is 1420. The Hall–Kier alpha value is -2.81. The fourth-order valence-electron chi connectivity index (χ4n) is 4.96. The van der Waals surface area contributed by atoms with Gasteiger partial charge >= 0.3 is 7.52 Å². The zero-order valence-corrected chi connectivity index (χ0v) is 21.9. The highest BCUT2D eigenvalue weighted by molar-refractivity contribution is 7.92. The topological polar surface area (TPSA) is 131 Å². The summed E-state index contributed by atoms with van der Waals surface area (Å²) in [5.41, 5.74) is 0.698. The second kappa shape index (κ2) is 8.69. The van der Waals surface area contributed by atoms with E-state index in [0.29, 0.717) is 23.2 Å². The van der Waals surface area contributed by atoms with Crippen LogP contribution >= 0.6 is 7.52 Å². The van der Waals surface area contributed by atoms with Crippen molar-refractivity contribution in [2.45, 2.75) is 32.6 Å². The number of ketones is 2. The van der Waals surface area contributed by atoms with Crippen LogP contribution in [0.3, 0.4) is 0 Å². The van der Waals surface area contributed by atoms with Gasteiger partial charge in [0.25, 0.3) is 0 Å². The van der Waals surface area contributed by atoms with Crippen molar-refractivity contribution >= 4 is 51.6 Å². The van der Waals surface area contributed by atoms with E-state index < -0.39 is 34.7 Å².